The van der Waals surface area contributed by atoms with Crippen molar-refractivity contribution >= 4 is 11.6 Å². The number of benzene rings is 1. The van der Waals surface area contributed by atoms with Crippen LogP contribution in [0, 0.1) is 13.8 Å². The molecule has 0 radical (unpaired) electrons. The molecule has 0 bridgehead atoms. The van der Waals surface area contributed by atoms with Crippen LogP contribution >= 0.6 is 0 Å². The summed E-state index contributed by atoms with van der Waals surface area (Å²) in [6, 6.07) is 6.01. The summed E-state index contributed by atoms with van der Waals surface area (Å²) in [6.07, 6.45) is 0. The van der Waals surface area contributed by atoms with Crippen LogP contribution in [0.2, 0.25) is 0 Å². The highest BCUT2D eigenvalue weighted by Gasteiger charge is 2.32. The number of nitrogens with zero attached hydrogens (tertiary/aromatic N) is 2. The van der Waals surface area contributed by atoms with E-state index in [1.54, 1.807) is 0 Å². The van der Waals surface area contributed by atoms with Gasteiger partial charge in [0.2, 0.25) is 5.91 Å². The van der Waals surface area contributed by atoms with Gasteiger partial charge in [0.1, 0.15) is 6.04 Å². The lowest BCUT2D eigenvalue weighted by atomic mass is 10.1. The Morgan fingerprint density at radius 3 is 2.72 bits per heavy atom. The average Bonchev–Trinajstić information content (AvgIpc) is 2.34. The van der Waals surface area contributed by atoms with Crippen LogP contribution < -0.4 is 10.6 Å². The molecule has 1 aromatic rings. The fourth-order valence-corrected chi connectivity index (χ4v) is 2.42. The Kier molecular flexibility index (Phi) is 3.68. The highest BCUT2D eigenvalue weighted by molar-refractivity contribution is 5.98. The van der Waals surface area contributed by atoms with E-state index in [0.29, 0.717) is 6.54 Å². The molecule has 18 heavy (non-hydrogen) atoms. The van der Waals surface area contributed by atoms with Crippen LogP contribution in [0.25, 0.3) is 0 Å². The van der Waals surface area contributed by atoms with Crippen LogP contribution in [-0.2, 0) is 4.79 Å². The third-order valence-corrected chi connectivity index (χ3v) is 3.64. The molecule has 1 unspecified atom stereocenters. The second-order valence-electron chi connectivity index (χ2n) is 5.01. The van der Waals surface area contributed by atoms with E-state index in [1.165, 1.54) is 5.56 Å². The minimum Gasteiger partial charge on any atom is -0.328 e. The predicted molar refractivity (Wildman–Crippen MR) is 73.7 cm³/mol. The van der Waals surface area contributed by atoms with Crippen molar-refractivity contribution in [3.63, 3.8) is 0 Å². The first-order chi connectivity index (χ1) is 8.54. The maximum absolute atomic E-state index is 12.4. The van der Waals surface area contributed by atoms with Crippen molar-refractivity contribution in [2.45, 2.75) is 19.9 Å². The minimum atomic E-state index is -0.196. The van der Waals surface area contributed by atoms with E-state index in [0.717, 1.165) is 24.3 Å². The Balaban J connectivity index is 2.33. The van der Waals surface area contributed by atoms with E-state index in [-0.39, 0.29) is 11.9 Å². The molecular formula is C14H21N3O. The van der Waals surface area contributed by atoms with Gasteiger partial charge in [-0.25, -0.2) is 0 Å². The number of likely N-dealkylation sites (N-methyl/N-ethyl adjacent to an activating group) is 1. The SMILES string of the molecule is Cc1ccc(C)c(N2CCN(C)C(CN)C2=O)c1. The molecule has 1 aromatic carbocycles. The average molecular weight is 247 g/mol. The van der Waals surface area contributed by atoms with E-state index in [4.69, 9.17) is 5.73 Å². The summed E-state index contributed by atoms with van der Waals surface area (Å²) in [5.41, 5.74) is 9.03. The van der Waals surface area contributed by atoms with Crippen molar-refractivity contribution in [1.29, 1.82) is 0 Å². The quantitative estimate of drug-likeness (QED) is 0.845. The zero-order chi connectivity index (χ0) is 13.3. The summed E-state index contributed by atoms with van der Waals surface area (Å²) < 4.78 is 0. The molecule has 4 heteroatoms. The topological polar surface area (TPSA) is 49.6 Å². The number of amides is 1. The molecule has 1 atom stereocenters. The number of rotatable bonds is 2. The van der Waals surface area contributed by atoms with Crippen molar-refractivity contribution in [3.05, 3.63) is 29.3 Å². The fourth-order valence-electron chi connectivity index (χ4n) is 2.42. The van der Waals surface area contributed by atoms with Gasteiger partial charge >= 0.3 is 0 Å². The Labute approximate surface area is 108 Å². The van der Waals surface area contributed by atoms with Crippen molar-refractivity contribution in [2.24, 2.45) is 5.73 Å². The number of hydrogen-bond acceptors (Lipinski definition) is 3. The molecule has 1 saturated heterocycles. The molecule has 2 rings (SSSR count). The van der Waals surface area contributed by atoms with Gasteiger partial charge in [0.05, 0.1) is 0 Å². The summed E-state index contributed by atoms with van der Waals surface area (Å²) in [4.78, 5) is 16.3. The third-order valence-electron chi connectivity index (χ3n) is 3.64. The lowest BCUT2D eigenvalue weighted by Gasteiger charge is -2.38. The van der Waals surface area contributed by atoms with Gasteiger partial charge < -0.3 is 10.6 Å². The number of anilines is 1. The van der Waals surface area contributed by atoms with E-state index in [2.05, 4.69) is 18.2 Å². The molecular weight excluding hydrogens is 226 g/mol. The summed E-state index contributed by atoms with van der Waals surface area (Å²) in [6.45, 7) is 6.05. The molecule has 1 aliphatic rings. The van der Waals surface area contributed by atoms with Gasteiger partial charge in [-0.1, -0.05) is 12.1 Å². The first-order valence-corrected chi connectivity index (χ1v) is 6.33. The molecule has 4 nitrogen and oxygen atoms in total. The molecule has 1 fully saturated rings. The van der Waals surface area contributed by atoms with E-state index >= 15 is 0 Å². The molecule has 1 amide bonds. The van der Waals surface area contributed by atoms with Crippen LogP contribution in [0.15, 0.2) is 18.2 Å². The first-order valence-electron chi connectivity index (χ1n) is 6.33. The van der Waals surface area contributed by atoms with Crippen LogP contribution in [0.1, 0.15) is 11.1 Å². The normalized spacial score (nSPS) is 21.4. The molecule has 98 valence electrons. The molecule has 0 aliphatic carbocycles. The first kappa shape index (κ1) is 13.1. The summed E-state index contributed by atoms with van der Waals surface area (Å²) in [7, 11) is 1.95. The molecule has 0 aromatic heterocycles. The monoisotopic (exact) mass is 247 g/mol. The third kappa shape index (κ3) is 2.26. The lowest BCUT2D eigenvalue weighted by molar-refractivity contribution is -0.124. The van der Waals surface area contributed by atoms with Crippen molar-refractivity contribution in [2.75, 3.05) is 31.6 Å². The van der Waals surface area contributed by atoms with Crippen molar-refractivity contribution in [3.8, 4) is 0 Å². The highest BCUT2D eigenvalue weighted by Crippen LogP contribution is 2.24. The lowest BCUT2D eigenvalue weighted by Crippen LogP contribution is -2.58. The van der Waals surface area contributed by atoms with Gasteiger partial charge in [0.15, 0.2) is 0 Å². The Bertz CT molecular complexity index is 458. The summed E-state index contributed by atoms with van der Waals surface area (Å²) in [5, 5.41) is 0. The zero-order valence-electron chi connectivity index (χ0n) is 11.3. The number of carbonyl (C=O) groups is 1. The summed E-state index contributed by atoms with van der Waals surface area (Å²) in [5.74, 6) is 0.111. The van der Waals surface area contributed by atoms with E-state index in [9.17, 15) is 4.79 Å². The molecule has 1 heterocycles. The van der Waals surface area contributed by atoms with Crippen LogP contribution in [0.3, 0.4) is 0 Å². The maximum atomic E-state index is 12.4. The zero-order valence-corrected chi connectivity index (χ0v) is 11.3. The van der Waals surface area contributed by atoms with Gasteiger partial charge in [-0.15, -0.1) is 0 Å². The highest BCUT2D eigenvalue weighted by atomic mass is 16.2. The minimum absolute atomic E-state index is 0.111. The Morgan fingerprint density at radius 1 is 1.33 bits per heavy atom. The van der Waals surface area contributed by atoms with Crippen LogP contribution in [0.5, 0.6) is 0 Å². The molecule has 0 spiro atoms. The van der Waals surface area contributed by atoms with Crippen molar-refractivity contribution in [1.82, 2.24) is 4.90 Å². The fraction of sp³-hybridized carbons (Fsp3) is 0.500. The predicted octanol–water partition coefficient (Wildman–Crippen LogP) is 0.909. The smallest absolute Gasteiger partial charge is 0.245 e. The molecule has 1 aliphatic heterocycles. The van der Waals surface area contributed by atoms with Gasteiger partial charge in [-0.3, -0.25) is 9.69 Å². The van der Waals surface area contributed by atoms with Gasteiger partial charge in [0.25, 0.3) is 0 Å². The number of hydrogen-bond donors (Lipinski definition) is 1. The van der Waals surface area contributed by atoms with Gasteiger partial charge in [-0.05, 0) is 38.1 Å². The standard InChI is InChI=1S/C14H21N3O/c1-10-4-5-11(2)12(8-10)17-7-6-16(3)13(9-15)14(17)18/h4-5,8,13H,6-7,9,15H2,1-3H3. The number of carbonyl (C=O) groups excluding carboxylic acids is 1. The van der Waals surface area contributed by atoms with E-state index < -0.39 is 0 Å². The van der Waals surface area contributed by atoms with E-state index in [1.807, 2.05) is 30.7 Å². The Hall–Kier alpha value is -1.39. The maximum Gasteiger partial charge on any atom is 0.245 e. The molecule has 2 N–H and O–H groups in total. The summed E-state index contributed by atoms with van der Waals surface area (Å²) >= 11 is 0. The van der Waals surface area contributed by atoms with Crippen LogP contribution in [0.4, 0.5) is 5.69 Å². The van der Waals surface area contributed by atoms with Gasteiger partial charge in [-0.2, -0.15) is 0 Å². The number of nitrogens with two attached hydrogens (primary N) is 1. The molecule has 0 saturated carbocycles. The number of aryl methyl sites for hydroxylation is 2. The second kappa shape index (κ2) is 5.08. The Morgan fingerprint density at radius 2 is 2.06 bits per heavy atom. The largest absolute Gasteiger partial charge is 0.328 e. The van der Waals surface area contributed by atoms with Crippen molar-refractivity contribution < 1.29 is 4.79 Å². The van der Waals surface area contributed by atoms with Crippen LogP contribution in [-0.4, -0.2) is 43.5 Å². The second-order valence-corrected chi connectivity index (χ2v) is 5.01. The number of piperazine rings is 1. The van der Waals surface area contributed by atoms with Gasteiger partial charge in [0, 0.05) is 25.3 Å².